The van der Waals surface area contributed by atoms with Crippen molar-refractivity contribution in [3.63, 3.8) is 0 Å². The van der Waals surface area contributed by atoms with Gasteiger partial charge in [0.15, 0.2) is 5.69 Å². The Balaban J connectivity index is 1.82. The van der Waals surface area contributed by atoms with Gasteiger partial charge in [0.25, 0.3) is 0 Å². The molecule has 0 saturated heterocycles. The molecule has 2 N–H and O–H groups in total. The van der Waals surface area contributed by atoms with Crippen LogP contribution in [0.15, 0.2) is 36.5 Å². The third-order valence-corrected chi connectivity index (χ3v) is 3.45. The highest BCUT2D eigenvalue weighted by atomic mass is 16.4. The van der Waals surface area contributed by atoms with E-state index in [0.717, 1.165) is 16.4 Å². The topological polar surface area (TPSA) is 117 Å². The SMILES string of the molecule is CCN(Cc1ccccc1)C(=O)CNC(=O)Cn1cc(C(=O)O)nn1. The Morgan fingerprint density at radius 1 is 1.24 bits per heavy atom. The molecule has 0 atom stereocenters. The predicted molar refractivity (Wildman–Crippen MR) is 87.5 cm³/mol. The number of likely N-dealkylation sites (N-methyl/N-ethyl adjacent to an activating group) is 1. The summed E-state index contributed by atoms with van der Waals surface area (Å²) in [5.74, 6) is -1.88. The first-order chi connectivity index (χ1) is 12.0. The van der Waals surface area contributed by atoms with Gasteiger partial charge in [0.05, 0.1) is 12.7 Å². The first-order valence-electron chi connectivity index (χ1n) is 7.71. The first-order valence-corrected chi connectivity index (χ1v) is 7.71. The van der Waals surface area contributed by atoms with Gasteiger partial charge in [-0.1, -0.05) is 35.5 Å². The molecule has 132 valence electrons. The Bertz CT molecular complexity index is 744. The van der Waals surface area contributed by atoms with Crippen LogP contribution in [-0.2, 0) is 22.7 Å². The molecule has 25 heavy (non-hydrogen) atoms. The highest BCUT2D eigenvalue weighted by molar-refractivity contribution is 5.85. The number of aromatic nitrogens is 3. The van der Waals surface area contributed by atoms with Gasteiger partial charge in [0.1, 0.15) is 6.54 Å². The molecule has 1 aromatic carbocycles. The minimum atomic E-state index is -1.22. The van der Waals surface area contributed by atoms with Gasteiger partial charge in [-0.2, -0.15) is 0 Å². The normalized spacial score (nSPS) is 10.3. The molecular weight excluding hydrogens is 326 g/mol. The van der Waals surface area contributed by atoms with Crippen molar-refractivity contribution in [2.75, 3.05) is 13.1 Å². The molecule has 9 heteroatoms. The summed E-state index contributed by atoms with van der Waals surface area (Å²) in [5.41, 5.74) is 0.761. The Hall–Kier alpha value is -3.23. The highest BCUT2D eigenvalue weighted by Crippen LogP contribution is 2.04. The largest absolute Gasteiger partial charge is 0.476 e. The Morgan fingerprint density at radius 2 is 1.96 bits per heavy atom. The van der Waals surface area contributed by atoms with Crippen LogP contribution < -0.4 is 5.32 Å². The lowest BCUT2D eigenvalue weighted by atomic mass is 10.2. The van der Waals surface area contributed by atoms with E-state index < -0.39 is 11.9 Å². The lowest BCUT2D eigenvalue weighted by molar-refractivity contribution is -0.133. The highest BCUT2D eigenvalue weighted by Gasteiger charge is 2.15. The molecule has 0 fully saturated rings. The maximum atomic E-state index is 12.2. The molecule has 2 aromatic rings. The number of carboxylic acid groups (broad SMARTS) is 1. The summed E-state index contributed by atoms with van der Waals surface area (Å²) in [7, 11) is 0. The second-order valence-electron chi connectivity index (χ2n) is 5.28. The Labute approximate surface area is 144 Å². The van der Waals surface area contributed by atoms with E-state index in [0.29, 0.717) is 13.1 Å². The maximum absolute atomic E-state index is 12.2. The van der Waals surface area contributed by atoms with E-state index in [-0.39, 0.29) is 24.7 Å². The van der Waals surface area contributed by atoms with Gasteiger partial charge in [-0.05, 0) is 12.5 Å². The van der Waals surface area contributed by atoms with Crippen LogP contribution in [0.1, 0.15) is 23.0 Å². The zero-order valence-corrected chi connectivity index (χ0v) is 13.8. The van der Waals surface area contributed by atoms with Gasteiger partial charge in [0.2, 0.25) is 11.8 Å². The van der Waals surface area contributed by atoms with Crippen LogP contribution >= 0.6 is 0 Å². The maximum Gasteiger partial charge on any atom is 0.358 e. The number of aromatic carboxylic acids is 1. The number of carboxylic acids is 1. The molecular formula is C16H19N5O4. The number of rotatable bonds is 8. The van der Waals surface area contributed by atoms with E-state index >= 15 is 0 Å². The number of carbonyl (C=O) groups excluding carboxylic acids is 2. The van der Waals surface area contributed by atoms with Gasteiger partial charge in [-0.25, -0.2) is 9.48 Å². The van der Waals surface area contributed by atoms with Crippen molar-refractivity contribution < 1.29 is 19.5 Å². The molecule has 1 aromatic heterocycles. The van der Waals surface area contributed by atoms with E-state index in [4.69, 9.17) is 5.11 Å². The summed E-state index contributed by atoms with van der Waals surface area (Å²) >= 11 is 0. The number of benzene rings is 1. The molecule has 2 amide bonds. The molecule has 2 rings (SSSR count). The molecule has 0 aliphatic rings. The Kier molecular flexibility index (Phi) is 6.21. The summed E-state index contributed by atoms with van der Waals surface area (Å²) < 4.78 is 1.10. The van der Waals surface area contributed by atoms with Gasteiger partial charge in [-0.3, -0.25) is 9.59 Å². The Morgan fingerprint density at radius 3 is 2.56 bits per heavy atom. The van der Waals surface area contributed by atoms with Crippen molar-refractivity contribution in [3.8, 4) is 0 Å². The predicted octanol–water partition coefficient (Wildman–Crippen LogP) is 0.141. The fourth-order valence-electron chi connectivity index (χ4n) is 2.14. The van der Waals surface area contributed by atoms with Crippen LogP contribution in [0.3, 0.4) is 0 Å². The van der Waals surface area contributed by atoms with E-state index in [1.165, 1.54) is 0 Å². The number of hydrogen-bond donors (Lipinski definition) is 2. The lowest BCUT2D eigenvalue weighted by Gasteiger charge is -2.21. The molecule has 0 radical (unpaired) electrons. The standard InChI is InChI=1S/C16H19N5O4/c1-2-20(9-12-6-4-3-5-7-12)15(23)8-17-14(22)11-21-10-13(16(24)25)18-19-21/h3-7,10H,2,8-9,11H2,1H3,(H,17,22)(H,24,25). The lowest BCUT2D eigenvalue weighted by Crippen LogP contribution is -2.40. The van der Waals surface area contributed by atoms with Crippen molar-refractivity contribution in [2.24, 2.45) is 0 Å². The second kappa shape index (κ2) is 8.57. The first kappa shape index (κ1) is 18.1. The van der Waals surface area contributed by atoms with E-state index in [2.05, 4.69) is 15.6 Å². The zero-order valence-electron chi connectivity index (χ0n) is 13.8. The number of amides is 2. The number of nitrogens with zero attached hydrogens (tertiary/aromatic N) is 4. The molecule has 0 aliphatic carbocycles. The van der Waals surface area contributed by atoms with Crippen molar-refractivity contribution in [1.82, 2.24) is 25.2 Å². The van der Waals surface area contributed by atoms with Crippen molar-refractivity contribution >= 4 is 17.8 Å². The van der Waals surface area contributed by atoms with E-state index in [9.17, 15) is 14.4 Å². The van der Waals surface area contributed by atoms with Gasteiger partial charge < -0.3 is 15.3 Å². The summed E-state index contributed by atoms with van der Waals surface area (Å²) in [5, 5.41) is 18.2. The van der Waals surface area contributed by atoms with Crippen LogP contribution in [0.2, 0.25) is 0 Å². The van der Waals surface area contributed by atoms with E-state index in [1.54, 1.807) is 4.90 Å². The number of carbonyl (C=O) groups is 3. The third-order valence-electron chi connectivity index (χ3n) is 3.45. The number of nitrogens with one attached hydrogen (secondary N) is 1. The second-order valence-corrected chi connectivity index (χ2v) is 5.28. The molecule has 0 bridgehead atoms. The summed E-state index contributed by atoms with van der Waals surface area (Å²) in [4.78, 5) is 36.4. The average molecular weight is 345 g/mol. The molecule has 0 unspecified atom stereocenters. The monoisotopic (exact) mass is 345 g/mol. The number of hydrogen-bond acceptors (Lipinski definition) is 5. The smallest absolute Gasteiger partial charge is 0.358 e. The van der Waals surface area contributed by atoms with Crippen molar-refractivity contribution in [3.05, 3.63) is 47.8 Å². The average Bonchev–Trinajstić information content (AvgIpc) is 3.07. The molecule has 0 spiro atoms. The van der Waals surface area contributed by atoms with Gasteiger partial charge in [0, 0.05) is 13.1 Å². The third kappa shape index (κ3) is 5.41. The van der Waals surface area contributed by atoms with Crippen LogP contribution in [0.5, 0.6) is 0 Å². The van der Waals surface area contributed by atoms with Crippen LogP contribution in [0.4, 0.5) is 0 Å². The summed E-state index contributed by atoms with van der Waals surface area (Å²) in [6, 6.07) is 9.57. The summed E-state index contributed by atoms with van der Waals surface area (Å²) in [6.45, 7) is 2.51. The van der Waals surface area contributed by atoms with Gasteiger partial charge >= 0.3 is 5.97 Å². The molecule has 0 aliphatic heterocycles. The molecule has 0 saturated carbocycles. The molecule has 1 heterocycles. The van der Waals surface area contributed by atoms with Crippen molar-refractivity contribution in [1.29, 1.82) is 0 Å². The van der Waals surface area contributed by atoms with Gasteiger partial charge in [-0.15, -0.1) is 5.10 Å². The molecule has 9 nitrogen and oxygen atoms in total. The fraction of sp³-hybridized carbons (Fsp3) is 0.312. The van der Waals surface area contributed by atoms with Crippen LogP contribution in [0.25, 0.3) is 0 Å². The van der Waals surface area contributed by atoms with E-state index in [1.807, 2.05) is 37.3 Å². The fourth-order valence-corrected chi connectivity index (χ4v) is 2.14. The summed E-state index contributed by atoms with van der Waals surface area (Å²) in [6.07, 6.45) is 1.15. The minimum Gasteiger partial charge on any atom is -0.476 e. The van der Waals surface area contributed by atoms with Crippen molar-refractivity contribution in [2.45, 2.75) is 20.0 Å². The zero-order chi connectivity index (χ0) is 18.2. The minimum absolute atomic E-state index is 0.139. The van der Waals surface area contributed by atoms with Crippen LogP contribution in [0, 0.1) is 0 Å². The quantitative estimate of drug-likeness (QED) is 0.703. The van der Waals surface area contributed by atoms with Crippen LogP contribution in [-0.4, -0.2) is 55.9 Å².